The smallest absolute Gasteiger partial charge is 0.217 e. The van der Waals surface area contributed by atoms with Crippen molar-refractivity contribution in [2.24, 2.45) is 22.7 Å². The van der Waals surface area contributed by atoms with Gasteiger partial charge in [0, 0.05) is 12.8 Å². The summed E-state index contributed by atoms with van der Waals surface area (Å²) in [4.78, 5) is 11.8. The Hall–Kier alpha value is -0.570. The van der Waals surface area contributed by atoms with Gasteiger partial charge in [-0.05, 0) is 49.4 Å². The van der Waals surface area contributed by atoms with Crippen molar-refractivity contribution in [3.05, 3.63) is 0 Å². The number of fused-ring (bicyclic) bond motifs is 4. The summed E-state index contributed by atoms with van der Waals surface area (Å²) in [6, 6.07) is 0. The molecule has 3 rings (SSSR count). The number of amides is 1. The number of nitrogens with one attached hydrogen (secondary N) is 1. The Kier molecular flexibility index (Phi) is 2.72. The van der Waals surface area contributed by atoms with E-state index in [-0.39, 0.29) is 28.2 Å². The minimum absolute atomic E-state index is 0.0516. The number of hydrogen-bond acceptors (Lipinski definition) is 2. The maximum Gasteiger partial charge on any atom is 0.217 e. The average molecular weight is 279 g/mol. The maximum atomic E-state index is 11.8. The third-order valence-corrected chi connectivity index (χ3v) is 7.02. The molecule has 0 unspecified atom stereocenters. The summed E-state index contributed by atoms with van der Waals surface area (Å²) in [6.07, 6.45) is 5.37. The Balaban J connectivity index is 2.07. The Bertz CT molecular complexity index is 456. The van der Waals surface area contributed by atoms with Gasteiger partial charge in [0.15, 0.2) is 0 Å². The molecule has 3 nitrogen and oxygen atoms in total. The monoisotopic (exact) mass is 279 g/mol. The van der Waals surface area contributed by atoms with Gasteiger partial charge in [-0.2, -0.15) is 0 Å². The van der Waals surface area contributed by atoms with E-state index in [1.807, 2.05) is 6.92 Å². The summed E-state index contributed by atoms with van der Waals surface area (Å²) < 4.78 is 0. The molecule has 0 bridgehead atoms. The number of carbonyl (C=O) groups excluding carboxylic acids is 1. The van der Waals surface area contributed by atoms with Gasteiger partial charge in [-0.15, -0.1) is 0 Å². The van der Waals surface area contributed by atoms with Crippen LogP contribution in [-0.4, -0.2) is 22.2 Å². The molecule has 0 radical (unpaired) electrons. The van der Waals surface area contributed by atoms with Gasteiger partial charge in [0.05, 0.1) is 11.1 Å². The topological polar surface area (TPSA) is 49.3 Å². The molecule has 20 heavy (non-hydrogen) atoms. The van der Waals surface area contributed by atoms with Gasteiger partial charge in [-0.25, -0.2) is 0 Å². The molecule has 3 aliphatic carbocycles. The van der Waals surface area contributed by atoms with E-state index in [1.165, 1.54) is 19.3 Å². The quantitative estimate of drug-likeness (QED) is 0.775. The molecule has 5 atom stereocenters. The molecule has 0 aromatic carbocycles. The summed E-state index contributed by atoms with van der Waals surface area (Å²) in [5.41, 5.74) is -0.411. The standard InChI is InChI=1S/C17H29NO2/c1-11(19)18-17-10-9-16(5,20)13(17)12-14(2,3)7-6-8-15(12,17)4/h12-13,20H,6-10H2,1-5H3,(H,18,19)/t12-,13-,15+,16-,17-/m1/s1. The fourth-order valence-corrected chi connectivity index (χ4v) is 6.48. The van der Waals surface area contributed by atoms with Crippen LogP contribution < -0.4 is 5.32 Å². The molecule has 2 N–H and O–H groups in total. The molecule has 0 aromatic heterocycles. The lowest BCUT2D eigenvalue weighted by atomic mass is 9.33. The van der Waals surface area contributed by atoms with Crippen LogP contribution in [0.2, 0.25) is 0 Å². The Morgan fingerprint density at radius 1 is 1.05 bits per heavy atom. The highest BCUT2D eigenvalue weighted by Crippen LogP contribution is 2.76. The largest absolute Gasteiger partial charge is 0.390 e. The van der Waals surface area contributed by atoms with Crippen molar-refractivity contribution in [2.45, 2.75) is 77.9 Å². The highest BCUT2D eigenvalue weighted by molar-refractivity contribution is 5.74. The van der Waals surface area contributed by atoms with Crippen molar-refractivity contribution in [1.29, 1.82) is 0 Å². The predicted octanol–water partition coefficient (Wildman–Crippen LogP) is 2.87. The zero-order chi connectivity index (χ0) is 15.0. The van der Waals surface area contributed by atoms with Gasteiger partial charge in [-0.1, -0.05) is 27.2 Å². The lowest BCUT2D eigenvalue weighted by Crippen LogP contribution is -2.80. The van der Waals surface area contributed by atoms with Gasteiger partial charge in [0.1, 0.15) is 0 Å². The summed E-state index contributed by atoms with van der Waals surface area (Å²) in [7, 11) is 0. The third kappa shape index (κ3) is 1.48. The van der Waals surface area contributed by atoms with Crippen molar-refractivity contribution in [3.63, 3.8) is 0 Å². The Morgan fingerprint density at radius 3 is 2.30 bits per heavy atom. The van der Waals surface area contributed by atoms with Crippen LogP contribution in [0.25, 0.3) is 0 Å². The van der Waals surface area contributed by atoms with E-state index < -0.39 is 5.60 Å². The average Bonchev–Trinajstić information content (AvgIpc) is 2.49. The van der Waals surface area contributed by atoms with E-state index >= 15 is 0 Å². The summed E-state index contributed by atoms with van der Waals surface area (Å²) >= 11 is 0. The first-order valence-electron chi connectivity index (χ1n) is 8.08. The second kappa shape index (κ2) is 3.79. The van der Waals surface area contributed by atoms with Crippen LogP contribution in [0.1, 0.15) is 66.7 Å². The molecule has 114 valence electrons. The fraction of sp³-hybridized carbons (Fsp3) is 0.941. The molecule has 3 aliphatic rings. The van der Waals surface area contributed by atoms with E-state index in [0.29, 0.717) is 5.92 Å². The Morgan fingerprint density at radius 2 is 1.70 bits per heavy atom. The van der Waals surface area contributed by atoms with Gasteiger partial charge in [-0.3, -0.25) is 4.79 Å². The van der Waals surface area contributed by atoms with Crippen molar-refractivity contribution >= 4 is 5.91 Å². The van der Waals surface area contributed by atoms with Crippen molar-refractivity contribution in [2.75, 3.05) is 0 Å². The second-order valence-electron chi connectivity index (χ2n) is 8.72. The molecule has 0 saturated heterocycles. The van der Waals surface area contributed by atoms with E-state index in [1.54, 1.807) is 6.92 Å². The first kappa shape index (κ1) is 14.4. The molecule has 3 saturated carbocycles. The van der Waals surface area contributed by atoms with E-state index in [4.69, 9.17) is 0 Å². The van der Waals surface area contributed by atoms with Crippen LogP contribution >= 0.6 is 0 Å². The molecule has 0 spiro atoms. The lowest BCUT2D eigenvalue weighted by Gasteiger charge is -2.74. The van der Waals surface area contributed by atoms with Gasteiger partial charge in [0.2, 0.25) is 5.91 Å². The molecule has 3 heteroatoms. The highest BCUT2D eigenvalue weighted by Gasteiger charge is 2.78. The van der Waals surface area contributed by atoms with Crippen LogP contribution in [0, 0.1) is 22.7 Å². The van der Waals surface area contributed by atoms with Crippen LogP contribution in [0.15, 0.2) is 0 Å². The highest BCUT2D eigenvalue weighted by atomic mass is 16.3. The van der Waals surface area contributed by atoms with E-state index in [2.05, 4.69) is 26.1 Å². The van der Waals surface area contributed by atoms with Crippen LogP contribution in [0.3, 0.4) is 0 Å². The number of aliphatic hydroxyl groups is 1. The SMILES string of the molecule is CC(=O)N[C@]12CC[C@@](C)(O)[C@H]1[C@@H]1C(C)(C)CCC[C@@]12C. The molecule has 0 heterocycles. The van der Waals surface area contributed by atoms with Crippen LogP contribution in [-0.2, 0) is 4.79 Å². The van der Waals surface area contributed by atoms with E-state index in [9.17, 15) is 9.90 Å². The summed E-state index contributed by atoms with van der Waals surface area (Å²) in [6.45, 7) is 10.6. The lowest BCUT2D eigenvalue weighted by molar-refractivity contribution is -0.247. The minimum atomic E-state index is -0.638. The van der Waals surface area contributed by atoms with Crippen LogP contribution in [0.5, 0.6) is 0 Å². The summed E-state index contributed by atoms with van der Waals surface area (Å²) in [5.74, 6) is 0.767. The van der Waals surface area contributed by atoms with E-state index in [0.717, 1.165) is 12.8 Å². The van der Waals surface area contributed by atoms with Gasteiger partial charge < -0.3 is 10.4 Å². The number of carbonyl (C=O) groups is 1. The van der Waals surface area contributed by atoms with Crippen molar-refractivity contribution < 1.29 is 9.90 Å². The van der Waals surface area contributed by atoms with Crippen LogP contribution in [0.4, 0.5) is 0 Å². The van der Waals surface area contributed by atoms with Crippen molar-refractivity contribution in [3.8, 4) is 0 Å². The maximum absolute atomic E-state index is 11.8. The first-order valence-corrected chi connectivity index (χ1v) is 8.08. The molecular weight excluding hydrogens is 250 g/mol. The minimum Gasteiger partial charge on any atom is -0.390 e. The first-order chi connectivity index (χ1) is 9.07. The molecule has 0 aromatic rings. The zero-order valence-electron chi connectivity index (χ0n) is 13.5. The zero-order valence-corrected chi connectivity index (χ0v) is 13.5. The molecule has 1 amide bonds. The van der Waals surface area contributed by atoms with Gasteiger partial charge in [0.25, 0.3) is 0 Å². The summed E-state index contributed by atoms with van der Waals surface area (Å²) in [5, 5.41) is 14.2. The molecular formula is C17H29NO2. The molecule has 0 aliphatic heterocycles. The number of rotatable bonds is 1. The second-order valence-corrected chi connectivity index (χ2v) is 8.72. The Labute approximate surface area is 122 Å². The molecule has 3 fully saturated rings. The predicted molar refractivity (Wildman–Crippen MR) is 79.1 cm³/mol. The number of hydrogen-bond donors (Lipinski definition) is 2. The third-order valence-electron chi connectivity index (χ3n) is 7.02. The van der Waals surface area contributed by atoms with Gasteiger partial charge >= 0.3 is 0 Å². The fourth-order valence-electron chi connectivity index (χ4n) is 6.48. The van der Waals surface area contributed by atoms with Crippen molar-refractivity contribution in [1.82, 2.24) is 5.32 Å². The normalized spacial score (nSPS) is 52.7.